The maximum Gasteiger partial charge on any atom is 0.260 e. The van der Waals surface area contributed by atoms with Gasteiger partial charge in [-0.05, 0) is 68.0 Å². The molecular formula is C26H26N2O2S. The number of hydrogen-bond acceptors (Lipinski definition) is 4. The normalized spacial score (nSPS) is 14.1. The van der Waals surface area contributed by atoms with Crippen molar-refractivity contribution in [3.63, 3.8) is 0 Å². The summed E-state index contributed by atoms with van der Waals surface area (Å²) in [4.78, 5) is 23.0. The highest BCUT2D eigenvalue weighted by atomic mass is 32.1. The fourth-order valence-electron chi connectivity index (χ4n) is 4.33. The molecule has 0 bridgehead atoms. The van der Waals surface area contributed by atoms with Gasteiger partial charge in [-0.15, -0.1) is 11.3 Å². The van der Waals surface area contributed by atoms with Crippen LogP contribution < -0.4 is 10.3 Å². The van der Waals surface area contributed by atoms with Gasteiger partial charge >= 0.3 is 0 Å². The largest absolute Gasteiger partial charge is 0.489 e. The first-order valence-electron chi connectivity index (χ1n) is 11.0. The van der Waals surface area contributed by atoms with Crippen LogP contribution in [0.1, 0.15) is 47.3 Å². The number of ether oxygens (including phenoxy) is 1. The predicted molar refractivity (Wildman–Crippen MR) is 127 cm³/mol. The minimum atomic E-state index is -0.0159. The van der Waals surface area contributed by atoms with Crippen LogP contribution >= 0.6 is 11.3 Å². The standard InChI is InChI=1S/C26H26N2O2S/c1-17-7-6-8-18(15-17)16-30-20-13-11-19(12-14-20)24-27-25(29)23-21-9-4-2-3-5-10-22(21)31-26(23)28-24/h6-8,11-15H,2-5,9-10,16H2,1H3,(H,27,28,29). The molecule has 0 radical (unpaired) electrons. The summed E-state index contributed by atoms with van der Waals surface area (Å²) in [6, 6.07) is 16.1. The SMILES string of the molecule is Cc1cccc(COc2ccc(-c3nc4sc5c(c4c(=O)[nH]3)CCCCCC5)cc2)c1. The molecule has 0 atom stereocenters. The van der Waals surface area contributed by atoms with Crippen LogP contribution in [0.15, 0.2) is 53.3 Å². The number of hydrogen-bond donors (Lipinski definition) is 1. The van der Waals surface area contributed by atoms with Crippen molar-refractivity contribution in [1.82, 2.24) is 9.97 Å². The van der Waals surface area contributed by atoms with Crippen molar-refractivity contribution in [2.24, 2.45) is 0 Å². The molecule has 5 heteroatoms. The molecule has 4 aromatic rings. The molecule has 0 fully saturated rings. The summed E-state index contributed by atoms with van der Waals surface area (Å²) < 4.78 is 5.92. The quantitative estimate of drug-likeness (QED) is 0.419. The van der Waals surface area contributed by atoms with Crippen LogP contribution in [0, 0.1) is 6.92 Å². The number of aryl methyl sites for hydroxylation is 3. The topological polar surface area (TPSA) is 55.0 Å². The van der Waals surface area contributed by atoms with E-state index < -0.39 is 0 Å². The molecule has 2 aromatic heterocycles. The zero-order valence-electron chi connectivity index (χ0n) is 17.7. The Morgan fingerprint density at radius 1 is 1.03 bits per heavy atom. The van der Waals surface area contributed by atoms with E-state index in [1.165, 1.54) is 35.3 Å². The second-order valence-corrected chi connectivity index (χ2v) is 9.40. The molecule has 1 aliphatic carbocycles. The number of rotatable bonds is 4. The third-order valence-corrected chi connectivity index (χ3v) is 7.13. The Kier molecular flexibility index (Phi) is 5.60. The fraction of sp³-hybridized carbons (Fsp3) is 0.308. The minimum absolute atomic E-state index is 0.0159. The van der Waals surface area contributed by atoms with Gasteiger partial charge in [0.15, 0.2) is 0 Å². The average molecular weight is 431 g/mol. The van der Waals surface area contributed by atoms with Gasteiger partial charge < -0.3 is 9.72 Å². The summed E-state index contributed by atoms with van der Waals surface area (Å²) >= 11 is 1.70. The smallest absolute Gasteiger partial charge is 0.260 e. The Morgan fingerprint density at radius 3 is 2.65 bits per heavy atom. The molecule has 0 aliphatic heterocycles. The van der Waals surface area contributed by atoms with E-state index in [9.17, 15) is 4.79 Å². The monoisotopic (exact) mass is 430 g/mol. The Balaban J connectivity index is 1.39. The lowest BCUT2D eigenvalue weighted by Crippen LogP contribution is -2.10. The maximum absolute atomic E-state index is 12.9. The average Bonchev–Trinajstić information content (AvgIpc) is 3.09. The lowest BCUT2D eigenvalue weighted by molar-refractivity contribution is 0.306. The van der Waals surface area contributed by atoms with Crippen LogP contribution in [0.5, 0.6) is 5.75 Å². The second-order valence-electron chi connectivity index (χ2n) is 8.31. The number of thiophene rings is 1. The summed E-state index contributed by atoms with van der Waals surface area (Å²) in [5, 5.41) is 0.809. The zero-order valence-corrected chi connectivity index (χ0v) is 18.6. The number of benzene rings is 2. The summed E-state index contributed by atoms with van der Waals surface area (Å²) in [5.74, 6) is 1.42. The fourth-order valence-corrected chi connectivity index (χ4v) is 5.59. The van der Waals surface area contributed by atoms with Gasteiger partial charge in [-0.3, -0.25) is 4.79 Å². The van der Waals surface area contributed by atoms with Gasteiger partial charge in [-0.25, -0.2) is 4.98 Å². The molecule has 1 N–H and O–H groups in total. The molecule has 0 saturated carbocycles. The number of H-pyrrole nitrogens is 1. The van der Waals surface area contributed by atoms with Gasteiger partial charge in [0.25, 0.3) is 5.56 Å². The lowest BCUT2D eigenvalue weighted by Gasteiger charge is -2.09. The van der Waals surface area contributed by atoms with E-state index in [4.69, 9.17) is 9.72 Å². The maximum atomic E-state index is 12.9. The molecule has 0 saturated heterocycles. The third kappa shape index (κ3) is 4.28. The molecule has 0 unspecified atom stereocenters. The van der Waals surface area contributed by atoms with Crippen LogP contribution in [-0.2, 0) is 19.4 Å². The number of nitrogens with one attached hydrogen (secondary N) is 1. The predicted octanol–water partition coefficient (Wildman–Crippen LogP) is 6.20. The summed E-state index contributed by atoms with van der Waals surface area (Å²) in [6.45, 7) is 2.61. The van der Waals surface area contributed by atoms with Crippen molar-refractivity contribution in [3.8, 4) is 17.1 Å². The van der Waals surface area contributed by atoms with E-state index >= 15 is 0 Å². The van der Waals surface area contributed by atoms with Crippen LogP contribution in [0.3, 0.4) is 0 Å². The van der Waals surface area contributed by atoms with Crippen molar-refractivity contribution >= 4 is 21.6 Å². The molecule has 1 aliphatic rings. The van der Waals surface area contributed by atoms with Crippen LogP contribution in [0.25, 0.3) is 21.6 Å². The van der Waals surface area contributed by atoms with Gasteiger partial charge in [0, 0.05) is 10.4 Å². The third-order valence-electron chi connectivity index (χ3n) is 5.94. The highest BCUT2D eigenvalue weighted by Crippen LogP contribution is 2.33. The molecule has 5 rings (SSSR count). The Labute approximate surface area is 185 Å². The van der Waals surface area contributed by atoms with E-state index in [1.54, 1.807) is 11.3 Å². The molecule has 4 nitrogen and oxygen atoms in total. The van der Waals surface area contributed by atoms with Gasteiger partial charge in [0.1, 0.15) is 23.0 Å². The van der Waals surface area contributed by atoms with Gasteiger partial charge in [-0.1, -0.05) is 42.7 Å². The van der Waals surface area contributed by atoms with E-state index in [1.807, 2.05) is 30.3 Å². The van der Waals surface area contributed by atoms with Crippen LogP contribution in [-0.4, -0.2) is 9.97 Å². The molecule has 158 valence electrons. The Bertz CT molecular complexity index is 1270. The molecule has 0 spiro atoms. The van der Waals surface area contributed by atoms with E-state index in [-0.39, 0.29) is 5.56 Å². The van der Waals surface area contributed by atoms with E-state index in [0.717, 1.165) is 46.4 Å². The molecule has 2 aromatic carbocycles. The number of aromatic nitrogens is 2. The Morgan fingerprint density at radius 2 is 1.84 bits per heavy atom. The van der Waals surface area contributed by atoms with Crippen molar-refractivity contribution in [3.05, 3.63) is 80.5 Å². The van der Waals surface area contributed by atoms with Crippen molar-refractivity contribution in [1.29, 1.82) is 0 Å². The molecule has 2 heterocycles. The lowest BCUT2D eigenvalue weighted by atomic mass is 9.98. The van der Waals surface area contributed by atoms with Crippen molar-refractivity contribution in [2.75, 3.05) is 0 Å². The van der Waals surface area contributed by atoms with Crippen LogP contribution in [0.2, 0.25) is 0 Å². The first kappa shape index (κ1) is 20.0. The minimum Gasteiger partial charge on any atom is -0.489 e. The van der Waals surface area contributed by atoms with Gasteiger partial charge in [-0.2, -0.15) is 0 Å². The second kappa shape index (κ2) is 8.67. The molecular weight excluding hydrogens is 404 g/mol. The summed E-state index contributed by atoms with van der Waals surface area (Å²) in [5.41, 5.74) is 4.48. The number of aromatic amines is 1. The van der Waals surface area contributed by atoms with E-state index in [0.29, 0.717) is 12.4 Å². The zero-order chi connectivity index (χ0) is 21.2. The summed E-state index contributed by atoms with van der Waals surface area (Å²) in [6.07, 6.45) is 6.95. The van der Waals surface area contributed by atoms with Crippen molar-refractivity contribution in [2.45, 2.75) is 52.1 Å². The number of fused-ring (bicyclic) bond motifs is 3. The first-order valence-corrected chi connectivity index (χ1v) is 11.8. The summed E-state index contributed by atoms with van der Waals surface area (Å²) in [7, 11) is 0. The highest BCUT2D eigenvalue weighted by molar-refractivity contribution is 7.18. The van der Waals surface area contributed by atoms with E-state index in [2.05, 4.69) is 30.1 Å². The first-order chi connectivity index (χ1) is 15.2. The molecule has 31 heavy (non-hydrogen) atoms. The highest BCUT2D eigenvalue weighted by Gasteiger charge is 2.18. The van der Waals surface area contributed by atoms with Crippen molar-refractivity contribution < 1.29 is 4.74 Å². The molecule has 0 amide bonds. The number of nitrogens with zero attached hydrogens (tertiary/aromatic N) is 1. The van der Waals surface area contributed by atoms with Gasteiger partial charge in [0.05, 0.1) is 5.39 Å². The van der Waals surface area contributed by atoms with Gasteiger partial charge in [0.2, 0.25) is 0 Å². The Hall–Kier alpha value is -2.92. The van der Waals surface area contributed by atoms with Crippen LogP contribution in [0.4, 0.5) is 0 Å².